The third-order valence-corrected chi connectivity index (χ3v) is 4.85. The zero-order chi connectivity index (χ0) is 13.5. The van der Waals surface area contributed by atoms with Crippen LogP contribution in [-0.4, -0.2) is 17.2 Å². The molecule has 102 valence electrons. The van der Waals surface area contributed by atoms with E-state index >= 15 is 0 Å². The minimum Gasteiger partial charge on any atom is -0.489 e. The van der Waals surface area contributed by atoms with Gasteiger partial charge >= 0.3 is 5.97 Å². The first-order valence-corrected chi connectivity index (χ1v) is 7.57. The van der Waals surface area contributed by atoms with Gasteiger partial charge in [0.1, 0.15) is 5.75 Å². The molecule has 0 atom stereocenters. The maximum atomic E-state index is 10.9. The summed E-state index contributed by atoms with van der Waals surface area (Å²) in [5.74, 6) is 0.156. The van der Waals surface area contributed by atoms with Crippen LogP contribution in [0.25, 0.3) is 0 Å². The Morgan fingerprint density at radius 1 is 1.42 bits per heavy atom. The maximum Gasteiger partial charge on any atom is 0.304 e. The molecule has 0 radical (unpaired) electrons. The second-order valence-electron chi connectivity index (χ2n) is 5.67. The summed E-state index contributed by atoms with van der Waals surface area (Å²) in [6.07, 6.45) is 6.04. The summed E-state index contributed by atoms with van der Waals surface area (Å²) in [4.78, 5) is 10.9. The first-order chi connectivity index (χ1) is 9.09. The van der Waals surface area contributed by atoms with Crippen LogP contribution in [0.15, 0.2) is 22.7 Å². The number of carboxylic acids is 1. The highest BCUT2D eigenvalue weighted by molar-refractivity contribution is 9.10. The van der Waals surface area contributed by atoms with E-state index in [1.807, 2.05) is 18.2 Å². The summed E-state index contributed by atoms with van der Waals surface area (Å²) >= 11 is 3.54. The van der Waals surface area contributed by atoms with Crippen molar-refractivity contribution >= 4 is 21.9 Å². The molecule has 0 bridgehead atoms. The SMILES string of the molecule is O=C(O)CC1(c2ccc(OC3CCC3)c(Br)c2)CC1. The quantitative estimate of drug-likeness (QED) is 0.893. The van der Waals surface area contributed by atoms with Crippen molar-refractivity contribution in [1.29, 1.82) is 0 Å². The molecule has 2 fully saturated rings. The summed E-state index contributed by atoms with van der Waals surface area (Å²) in [5, 5.41) is 9.00. The average Bonchev–Trinajstić information content (AvgIpc) is 3.05. The van der Waals surface area contributed by atoms with Crippen LogP contribution < -0.4 is 4.74 Å². The van der Waals surface area contributed by atoms with Crippen molar-refractivity contribution < 1.29 is 14.6 Å². The third kappa shape index (κ3) is 2.64. The fraction of sp³-hybridized carbons (Fsp3) is 0.533. The Labute approximate surface area is 121 Å². The van der Waals surface area contributed by atoms with E-state index in [2.05, 4.69) is 15.9 Å². The van der Waals surface area contributed by atoms with Crippen LogP contribution in [0.4, 0.5) is 0 Å². The van der Waals surface area contributed by atoms with Gasteiger partial charge < -0.3 is 9.84 Å². The number of hydrogen-bond donors (Lipinski definition) is 1. The molecular weight excluding hydrogens is 308 g/mol. The molecular formula is C15H17BrO3. The van der Waals surface area contributed by atoms with Gasteiger partial charge in [-0.2, -0.15) is 0 Å². The van der Waals surface area contributed by atoms with E-state index in [0.717, 1.165) is 41.5 Å². The Bertz CT molecular complexity index is 504. The van der Waals surface area contributed by atoms with E-state index in [4.69, 9.17) is 9.84 Å². The van der Waals surface area contributed by atoms with Gasteiger partial charge in [-0.1, -0.05) is 6.07 Å². The smallest absolute Gasteiger partial charge is 0.304 e. The lowest BCUT2D eigenvalue weighted by Crippen LogP contribution is -2.24. The molecule has 1 aromatic rings. The predicted molar refractivity (Wildman–Crippen MR) is 75.6 cm³/mol. The highest BCUT2D eigenvalue weighted by Gasteiger charge is 2.46. The lowest BCUT2D eigenvalue weighted by atomic mass is 9.92. The number of halogens is 1. The maximum absolute atomic E-state index is 10.9. The number of benzene rings is 1. The lowest BCUT2D eigenvalue weighted by Gasteiger charge is -2.27. The topological polar surface area (TPSA) is 46.5 Å². The van der Waals surface area contributed by atoms with Gasteiger partial charge in [-0.3, -0.25) is 4.79 Å². The molecule has 3 nitrogen and oxygen atoms in total. The van der Waals surface area contributed by atoms with Crippen molar-refractivity contribution in [2.45, 2.75) is 50.0 Å². The fourth-order valence-electron chi connectivity index (χ4n) is 2.60. The fourth-order valence-corrected chi connectivity index (χ4v) is 3.07. The first kappa shape index (κ1) is 13.0. The molecule has 2 aliphatic carbocycles. The van der Waals surface area contributed by atoms with Crippen LogP contribution in [-0.2, 0) is 10.2 Å². The van der Waals surface area contributed by atoms with Crippen LogP contribution in [0.5, 0.6) is 5.75 Å². The Hall–Kier alpha value is -1.03. The van der Waals surface area contributed by atoms with Gasteiger partial charge in [-0.05, 0) is 65.7 Å². The molecule has 0 amide bonds. The molecule has 0 unspecified atom stereocenters. The summed E-state index contributed by atoms with van der Waals surface area (Å²) < 4.78 is 6.83. The molecule has 0 heterocycles. The number of carbonyl (C=O) groups is 1. The molecule has 0 aromatic heterocycles. The molecule has 0 saturated heterocycles. The van der Waals surface area contributed by atoms with E-state index in [0.29, 0.717) is 6.10 Å². The van der Waals surface area contributed by atoms with Crippen LogP contribution in [0, 0.1) is 0 Å². The van der Waals surface area contributed by atoms with Crippen molar-refractivity contribution in [2.75, 3.05) is 0 Å². The van der Waals surface area contributed by atoms with Crippen molar-refractivity contribution in [2.24, 2.45) is 0 Å². The van der Waals surface area contributed by atoms with Gasteiger partial charge in [0.05, 0.1) is 17.0 Å². The third-order valence-electron chi connectivity index (χ3n) is 4.23. The van der Waals surface area contributed by atoms with E-state index in [1.165, 1.54) is 6.42 Å². The molecule has 2 aliphatic rings. The molecule has 2 saturated carbocycles. The standard InChI is InChI=1S/C15H17BrO3/c16-12-8-10(15(6-7-15)9-14(17)18)4-5-13(12)19-11-2-1-3-11/h4-5,8,11H,1-3,6-7,9H2,(H,17,18). The van der Waals surface area contributed by atoms with Gasteiger partial charge in [-0.25, -0.2) is 0 Å². The van der Waals surface area contributed by atoms with Crippen molar-refractivity contribution in [1.82, 2.24) is 0 Å². The van der Waals surface area contributed by atoms with E-state index in [9.17, 15) is 4.79 Å². The van der Waals surface area contributed by atoms with Crippen LogP contribution >= 0.6 is 15.9 Å². The van der Waals surface area contributed by atoms with Gasteiger partial charge in [0.15, 0.2) is 0 Å². The Morgan fingerprint density at radius 2 is 2.16 bits per heavy atom. The second-order valence-corrected chi connectivity index (χ2v) is 6.52. The molecule has 1 N–H and O–H groups in total. The van der Waals surface area contributed by atoms with E-state index in [1.54, 1.807) is 0 Å². The highest BCUT2D eigenvalue weighted by Crippen LogP contribution is 2.52. The van der Waals surface area contributed by atoms with E-state index in [-0.39, 0.29) is 11.8 Å². The minimum absolute atomic E-state index is 0.136. The Balaban J connectivity index is 1.77. The molecule has 0 spiro atoms. The molecule has 19 heavy (non-hydrogen) atoms. The lowest BCUT2D eigenvalue weighted by molar-refractivity contribution is -0.137. The van der Waals surface area contributed by atoms with Crippen LogP contribution in [0.3, 0.4) is 0 Å². The zero-order valence-corrected chi connectivity index (χ0v) is 12.3. The minimum atomic E-state index is -0.719. The Kier molecular flexibility index (Phi) is 3.29. The van der Waals surface area contributed by atoms with Crippen LogP contribution in [0.1, 0.15) is 44.1 Å². The summed E-state index contributed by atoms with van der Waals surface area (Å²) in [6.45, 7) is 0. The number of hydrogen-bond acceptors (Lipinski definition) is 2. The van der Waals surface area contributed by atoms with Gasteiger partial charge in [0.2, 0.25) is 0 Å². The van der Waals surface area contributed by atoms with Gasteiger partial charge in [0, 0.05) is 5.41 Å². The van der Waals surface area contributed by atoms with Crippen molar-refractivity contribution in [3.05, 3.63) is 28.2 Å². The Morgan fingerprint density at radius 3 is 2.63 bits per heavy atom. The average molecular weight is 325 g/mol. The largest absolute Gasteiger partial charge is 0.489 e. The van der Waals surface area contributed by atoms with Crippen molar-refractivity contribution in [3.63, 3.8) is 0 Å². The molecule has 1 aromatic carbocycles. The second kappa shape index (κ2) is 4.82. The molecule has 4 heteroatoms. The number of aliphatic carboxylic acids is 1. The normalized spacial score (nSPS) is 20.7. The summed E-state index contributed by atoms with van der Waals surface area (Å²) in [7, 11) is 0. The monoisotopic (exact) mass is 324 g/mol. The van der Waals surface area contributed by atoms with Gasteiger partial charge in [0.25, 0.3) is 0 Å². The highest BCUT2D eigenvalue weighted by atomic mass is 79.9. The van der Waals surface area contributed by atoms with Crippen LogP contribution in [0.2, 0.25) is 0 Å². The molecule has 3 rings (SSSR count). The zero-order valence-electron chi connectivity index (χ0n) is 10.7. The molecule has 0 aliphatic heterocycles. The van der Waals surface area contributed by atoms with E-state index < -0.39 is 5.97 Å². The summed E-state index contributed by atoms with van der Waals surface area (Å²) in [6, 6.07) is 6.03. The van der Waals surface area contributed by atoms with Crippen molar-refractivity contribution in [3.8, 4) is 5.75 Å². The number of ether oxygens (including phenoxy) is 1. The first-order valence-electron chi connectivity index (χ1n) is 6.78. The van der Waals surface area contributed by atoms with Gasteiger partial charge in [-0.15, -0.1) is 0 Å². The predicted octanol–water partition coefficient (Wildman–Crippen LogP) is 3.89. The number of rotatable bonds is 5. The summed E-state index contributed by atoms with van der Waals surface area (Å²) in [5.41, 5.74) is 0.978. The number of carboxylic acid groups (broad SMARTS) is 1.